The first-order valence-electron chi connectivity index (χ1n) is 7.09. The van der Waals surface area contributed by atoms with Crippen molar-refractivity contribution in [1.29, 1.82) is 5.26 Å². The molecule has 0 fully saturated rings. The number of hydrogen-bond acceptors (Lipinski definition) is 6. The number of rotatable bonds is 5. The number of nitro groups is 1. The predicted molar refractivity (Wildman–Crippen MR) is 95.0 cm³/mol. The Bertz CT molecular complexity index is 933. The summed E-state index contributed by atoms with van der Waals surface area (Å²) in [5, 5.41) is 33.0. The quantitative estimate of drug-likeness (QED) is 0.357. The molecule has 0 saturated heterocycles. The maximum atomic E-state index is 12.2. The summed E-state index contributed by atoms with van der Waals surface area (Å²) in [6, 6.07) is 10.3. The van der Waals surface area contributed by atoms with E-state index in [1.165, 1.54) is 13.2 Å². The van der Waals surface area contributed by atoms with Gasteiger partial charge < -0.3 is 15.2 Å². The number of nitrogens with one attached hydrogen (secondary N) is 1. The van der Waals surface area contributed by atoms with E-state index in [9.17, 15) is 25.3 Å². The van der Waals surface area contributed by atoms with Crippen LogP contribution < -0.4 is 10.1 Å². The molecule has 2 N–H and O–H groups in total. The van der Waals surface area contributed by atoms with Crippen molar-refractivity contribution < 1.29 is 19.6 Å². The number of nitrogens with zero attached hydrogens (tertiary/aromatic N) is 2. The molecule has 132 valence electrons. The molecule has 0 heterocycles. The number of anilines is 1. The Morgan fingerprint density at radius 2 is 2.04 bits per heavy atom. The topological polar surface area (TPSA) is 125 Å². The zero-order valence-electron chi connectivity index (χ0n) is 13.4. The third-order valence-electron chi connectivity index (χ3n) is 3.27. The van der Waals surface area contributed by atoms with E-state index in [0.717, 1.165) is 12.1 Å². The van der Waals surface area contributed by atoms with Gasteiger partial charge in [-0.3, -0.25) is 14.9 Å². The van der Waals surface area contributed by atoms with Crippen LogP contribution in [0.2, 0.25) is 5.02 Å². The van der Waals surface area contributed by atoms with Crippen LogP contribution in [0, 0.1) is 21.4 Å². The van der Waals surface area contributed by atoms with Gasteiger partial charge in [-0.15, -0.1) is 0 Å². The van der Waals surface area contributed by atoms with Crippen LogP contribution in [0.25, 0.3) is 6.08 Å². The van der Waals surface area contributed by atoms with Crippen LogP contribution in [0.5, 0.6) is 11.5 Å². The van der Waals surface area contributed by atoms with Crippen LogP contribution >= 0.6 is 11.6 Å². The number of carbonyl (C=O) groups is 1. The van der Waals surface area contributed by atoms with Gasteiger partial charge in [0.25, 0.3) is 5.91 Å². The first-order chi connectivity index (χ1) is 12.3. The largest absolute Gasteiger partial charge is 0.500 e. The number of aromatic hydroxyl groups is 1. The first kappa shape index (κ1) is 18.8. The van der Waals surface area contributed by atoms with E-state index in [1.54, 1.807) is 30.3 Å². The van der Waals surface area contributed by atoms with Gasteiger partial charge in [-0.2, -0.15) is 5.26 Å². The summed E-state index contributed by atoms with van der Waals surface area (Å²) >= 11 is 5.76. The molecular weight excluding hydrogens is 362 g/mol. The Hall–Kier alpha value is -3.57. The summed E-state index contributed by atoms with van der Waals surface area (Å²) in [6.07, 6.45) is 1.15. The van der Waals surface area contributed by atoms with Gasteiger partial charge in [-0.1, -0.05) is 11.6 Å². The fraction of sp³-hybridized carbons (Fsp3) is 0.0588. The molecule has 2 rings (SSSR count). The maximum absolute atomic E-state index is 12.2. The number of nitro benzene ring substituents is 1. The zero-order chi connectivity index (χ0) is 19.3. The molecule has 0 spiro atoms. The van der Waals surface area contributed by atoms with E-state index in [2.05, 4.69) is 5.32 Å². The van der Waals surface area contributed by atoms with Crippen LogP contribution in [0.15, 0.2) is 42.0 Å². The fourth-order valence-electron chi connectivity index (χ4n) is 2.04. The first-order valence-corrected chi connectivity index (χ1v) is 7.47. The van der Waals surface area contributed by atoms with E-state index >= 15 is 0 Å². The van der Waals surface area contributed by atoms with Gasteiger partial charge in [0.2, 0.25) is 5.75 Å². The molecule has 0 unspecified atom stereocenters. The highest BCUT2D eigenvalue weighted by Crippen LogP contribution is 2.37. The second-order valence-corrected chi connectivity index (χ2v) is 5.42. The molecule has 0 bridgehead atoms. The number of carbonyl (C=O) groups excluding carboxylic acids is 1. The summed E-state index contributed by atoms with van der Waals surface area (Å²) < 4.78 is 4.88. The van der Waals surface area contributed by atoms with Crippen molar-refractivity contribution in [1.82, 2.24) is 0 Å². The lowest BCUT2D eigenvalue weighted by molar-refractivity contribution is -0.386. The van der Waals surface area contributed by atoms with Gasteiger partial charge in [0.1, 0.15) is 11.6 Å². The highest BCUT2D eigenvalue weighted by molar-refractivity contribution is 6.30. The second kappa shape index (κ2) is 8.00. The van der Waals surface area contributed by atoms with Crippen LogP contribution in [-0.2, 0) is 4.79 Å². The van der Waals surface area contributed by atoms with Gasteiger partial charge in [0.05, 0.1) is 12.0 Å². The van der Waals surface area contributed by atoms with Crippen LogP contribution in [-0.4, -0.2) is 23.0 Å². The van der Waals surface area contributed by atoms with Gasteiger partial charge in [-0.05, 0) is 42.0 Å². The molecule has 0 aliphatic rings. The molecule has 0 saturated carbocycles. The summed E-state index contributed by atoms with van der Waals surface area (Å²) in [6.45, 7) is 0. The maximum Gasteiger partial charge on any atom is 0.315 e. The molecule has 0 aliphatic carbocycles. The Morgan fingerprint density at radius 3 is 2.58 bits per heavy atom. The third kappa shape index (κ3) is 4.28. The minimum Gasteiger partial charge on any atom is -0.500 e. The van der Waals surface area contributed by atoms with Crippen molar-refractivity contribution in [2.24, 2.45) is 0 Å². The summed E-state index contributed by atoms with van der Waals surface area (Å²) in [5.74, 6) is -1.50. The van der Waals surface area contributed by atoms with Crippen LogP contribution in [0.3, 0.4) is 0 Å². The Kier molecular flexibility index (Phi) is 5.78. The lowest BCUT2D eigenvalue weighted by Crippen LogP contribution is -2.13. The number of amides is 1. The number of halogens is 1. The fourth-order valence-corrected chi connectivity index (χ4v) is 2.16. The molecule has 2 aromatic carbocycles. The Balaban J connectivity index is 2.37. The zero-order valence-corrected chi connectivity index (χ0v) is 14.1. The standard InChI is InChI=1S/C17H12ClN3O5/c1-26-15-8-10(7-14(16(15)22)21(24)25)6-11(9-19)17(23)20-13-4-2-12(18)3-5-13/h2-8,22H,1H3,(H,20,23)/b11-6+. The lowest BCUT2D eigenvalue weighted by atomic mass is 10.1. The molecule has 26 heavy (non-hydrogen) atoms. The van der Waals surface area contributed by atoms with E-state index in [-0.39, 0.29) is 16.9 Å². The normalized spacial score (nSPS) is 10.7. The van der Waals surface area contributed by atoms with Crippen molar-refractivity contribution in [3.63, 3.8) is 0 Å². The summed E-state index contributed by atoms with van der Waals surface area (Å²) in [4.78, 5) is 22.4. The van der Waals surface area contributed by atoms with Gasteiger partial charge in [-0.25, -0.2) is 0 Å². The van der Waals surface area contributed by atoms with Crippen LogP contribution in [0.1, 0.15) is 5.56 Å². The van der Waals surface area contributed by atoms with Crippen molar-refractivity contribution in [3.05, 3.63) is 62.7 Å². The average molecular weight is 374 g/mol. The number of phenolic OH excluding ortho intramolecular Hbond substituents is 1. The van der Waals surface area contributed by atoms with Crippen molar-refractivity contribution in [2.75, 3.05) is 12.4 Å². The van der Waals surface area contributed by atoms with Gasteiger partial charge >= 0.3 is 5.69 Å². The summed E-state index contributed by atoms with van der Waals surface area (Å²) in [7, 11) is 1.23. The minimum absolute atomic E-state index is 0.147. The van der Waals surface area contributed by atoms with Crippen molar-refractivity contribution in [3.8, 4) is 17.6 Å². The number of phenols is 1. The van der Waals surface area contributed by atoms with Crippen LogP contribution in [0.4, 0.5) is 11.4 Å². The number of nitriles is 1. The highest BCUT2D eigenvalue weighted by Gasteiger charge is 2.20. The number of hydrogen-bond donors (Lipinski definition) is 2. The molecule has 9 heteroatoms. The predicted octanol–water partition coefficient (Wildman–Crippen LogP) is 3.51. The summed E-state index contributed by atoms with van der Waals surface area (Å²) in [5.41, 5.74) is -0.322. The van der Waals surface area contributed by atoms with E-state index < -0.39 is 22.3 Å². The smallest absolute Gasteiger partial charge is 0.315 e. The molecule has 0 radical (unpaired) electrons. The van der Waals surface area contributed by atoms with E-state index in [4.69, 9.17) is 16.3 Å². The van der Waals surface area contributed by atoms with Crippen molar-refractivity contribution in [2.45, 2.75) is 0 Å². The Morgan fingerprint density at radius 1 is 1.38 bits per heavy atom. The molecule has 0 aliphatic heterocycles. The van der Waals surface area contributed by atoms with E-state index in [0.29, 0.717) is 10.7 Å². The molecular formula is C17H12ClN3O5. The number of methoxy groups -OCH3 is 1. The average Bonchev–Trinajstić information content (AvgIpc) is 2.62. The highest BCUT2D eigenvalue weighted by atomic mass is 35.5. The van der Waals surface area contributed by atoms with Gasteiger partial charge in [0, 0.05) is 16.8 Å². The third-order valence-corrected chi connectivity index (χ3v) is 3.52. The molecule has 1 amide bonds. The molecule has 0 aromatic heterocycles. The second-order valence-electron chi connectivity index (χ2n) is 4.98. The SMILES string of the molecule is COc1cc(/C=C(\C#N)C(=O)Nc2ccc(Cl)cc2)cc([N+](=O)[O-])c1O. The minimum atomic E-state index is -0.797. The monoisotopic (exact) mass is 373 g/mol. The van der Waals surface area contributed by atoms with Crippen molar-refractivity contribution >= 4 is 35.0 Å². The number of ether oxygens (including phenoxy) is 1. The van der Waals surface area contributed by atoms with E-state index in [1.807, 2.05) is 0 Å². The molecule has 2 aromatic rings. The Labute approximate surface area is 153 Å². The molecule has 0 atom stereocenters. The molecule has 8 nitrogen and oxygen atoms in total. The van der Waals surface area contributed by atoms with Gasteiger partial charge in [0.15, 0.2) is 5.75 Å². The lowest BCUT2D eigenvalue weighted by Gasteiger charge is -2.07. The number of benzene rings is 2.